The maximum Gasteiger partial charge on any atom is 0.232 e. The molecule has 0 aliphatic heterocycles. The van der Waals surface area contributed by atoms with E-state index in [9.17, 15) is 9.18 Å². The second kappa shape index (κ2) is 6.99. The lowest BCUT2D eigenvalue weighted by Crippen LogP contribution is -2.24. The Morgan fingerprint density at radius 3 is 2.62 bits per heavy atom. The van der Waals surface area contributed by atoms with Gasteiger partial charge in [-0.2, -0.15) is 5.21 Å². The van der Waals surface area contributed by atoms with Gasteiger partial charge in [-0.1, -0.05) is 24.3 Å². The molecule has 0 fully saturated rings. The van der Waals surface area contributed by atoms with Gasteiger partial charge in [0.15, 0.2) is 0 Å². The third kappa shape index (κ3) is 3.62. The van der Waals surface area contributed by atoms with Crippen molar-refractivity contribution in [2.45, 2.75) is 19.3 Å². The summed E-state index contributed by atoms with van der Waals surface area (Å²) < 4.78 is 13.0. The quantitative estimate of drug-likeness (QED) is 0.778. The van der Waals surface area contributed by atoms with Crippen LogP contribution in [0.15, 0.2) is 48.5 Å². The van der Waals surface area contributed by atoms with Gasteiger partial charge in [-0.15, -0.1) is 0 Å². The zero-order valence-electron chi connectivity index (χ0n) is 13.0. The predicted molar refractivity (Wildman–Crippen MR) is 85.8 cm³/mol. The van der Waals surface area contributed by atoms with E-state index in [1.54, 1.807) is 0 Å². The van der Waals surface area contributed by atoms with E-state index in [2.05, 4.69) is 25.9 Å². The molecule has 0 aliphatic rings. The normalized spacial score (nSPS) is 11.9. The monoisotopic (exact) mass is 324 g/mol. The van der Waals surface area contributed by atoms with Crippen LogP contribution >= 0.6 is 0 Å². The first-order valence-corrected chi connectivity index (χ1v) is 7.43. The van der Waals surface area contributed by atoms with Crippen molar-refractivity contribution in [1.29, 1.82) is 0 Å². The second-order valence-corrected chi connectivity index (χ2v) is 5.42. The first-order valence-electron chi connectivity index (χ1n) is 7.43. The highest BCUT2D eigenvalue weighted by Crippen LogP contribution is 2.21. The molecule has 0 saturated carbocycles. The Hall–Kier alpha value is -3.09. The van der Waals surface area contributed by atoms with Gasteiger partial charge in [-0.3, -0.25) is 15.1 Å². The van der Waals surface area contributed by atoms with Crippen molar-refractivity contribution in [3.05, 3.63) is 71.3 Å². The van der Waals surface area contributed by atoms with Crippen LogP contribution in [-0.2, 0) is 11.2 Å². The van der Waals surface area contributed by atoms with E-state index in [1.165, 1.54) is 24.3 Å². The molecule has 1 N–H and O–H groups in total. The zero-order valence-corrected chi connectivity index (χ0v) is 13.0. The molecule has 122 valence electrons. The Morgan fingerprint density at radius 2 is 1.96 bits per heavy atom. The van der Waals surface area contributed by atoms with Gasteiger partial charge < -0.3 is 10.4 Å². The van der Waals surface area contributed by atoms with Gasteiger partial charge in [0.05, 0.1) is 5.92 Å². The number of carbonyl (C=O) groups excluding carboxylic acids is 1. The Balaban J connectivity index is 1.83. The van der Waals surface area contributed by atoms with Gasteiger partial charge in [0, 0.05) is 11.5 Å². The van der Waals surface area contributed by atoms with E-state index in [4.69, 9.17) is 0 Å². The van der Waals surface area contributed by atoms with E-state index in [0.29, 0.717) is 12.1 Å². The summed E-state index contributed by atoms with van der Waals surface area (Å²) in [6.07, 6.45) is 0.424. The molecule has 1 atom stereocenters. The van der Waals surface area contributed by atoms with Gasteiger partial charge in [-0.05, 0) is 48.7 Å². The van der Waals surface area contributed by atoms with Crippen LogP contribution in [0.25, 0.3) is 0 Å². The largest absolute Gasteiger partial charge is 0.335 e. The van der Waals surface area contributed by atoms with E-state index in [-0.39, 0.29) is 17.5 Å². The van der Waals surface area contributed by atoms with Crippen LogP contribution in [0.2, 0.25) is 0 Å². The van der Waals surface area contributed by atoms with E-state index >= 15 is 0 Å². The molecule has 2 aromatic carbocycles. The Kier molecular flexibility index (Phi) is 4.60. The van der Waals surface area contributed by atoms with Crippen LogP contribution in [0.1, 0.15) is 22.9 Å². The molecule has 3 aromatic rings. The summed E-state index contributed by atoms with van der Waals surface area (Å²) in [4.78, 5) is 12.7. The number of tetrazole rings is 1. The number of nitrogens with zero attached hydrogens (tertiary/aromatic N) is 4. The third-order valence-corrected chi connectivity index (χ3v) is 3.76. The van der Waals surface area contributed by atoms with Crippen LogP contribution in [0.4, 0.5) is 10.1 Å². The molecular weight excluding hydrogens is 309 g/mol. The summed E-state index contributed by atoms with van der Waals surface area (Å²) in [7, 11) is 0. The van der Waals surface area contributed by atoms with Gasteiger partial charge in [0.1, 0.15) is 5.82 Å². The van der Waals surface area contributed by atoms with Crippen molar-refractivity contribution in [3.63, 3.8) is 0 Å². The van der Waals surface area contributed by atoms with Crippen LogP contribution in [0.5, 0.6) is 0 Å². The predicted octanol–water partition coefficient (Wildman–Crippen LogP) is 2.24. The molecular formula is C17H15FN5O-. The summed E-state index contributed by atoms with van der Waals surface area (Å²) in [5, 5.41) is 17.3. The molecule has 0 spiro atoms. The number of hydrogen-bond donors (Lipinski definition) is 1. The summed E-state index contributed by atoms with van der Waals surface area (Å²) in [6, 6.07) is 13.4. The van der Waals surface area contributed by atoms with E-state index in [0.717, 1.165) is 11.1 Å². The molecule has 6 nitrogen and oxygen atoms in total. The van der Waals surface area contributed by atoms with Crippen LogP contribution in [0, 0.1) is 12.7 Å². The number of benzene rings is 2. The molecule has 0 radical (unpaired) electrons. The minimum absolute atomic E-state index is 0.262. The number of aryl methyl sites for hydroxylation is 1. The first kappa shape index (κ1) is 15.8. The van der Waals surface area contributed by atoms with Crippen molar-refractivity contribution in [1.82, 2.24) is 20.6 Å². The maximum atomic E-state index is 13.0. The van der Waals surface area contributed by atoms with Gasteiger partial charge in [0.2, 0.25) is 5.91 Å². The Bertz CT molecular complexity index is 817. The lowest BCUT2D eigenvalue weighted by molar-refractivity contribution is -0.117. The average Bonchev–Trinajstić information content (AvgIpc) is 3.10. The van der Waals surface area contributed by atoms with Crippen LogP contribution < -0.4 is 10.4 Å². The third-order valence-electron chi connectivity index (χ3n) is 3.76. The van der Waals surface area contributed by atoms with Crippen LogP contribution in [-0.4, -0.2) is 21.4 Å². The molecule has 0 aliphatic carbocycles. The number of hydrogen-bond acceptors (Lipinski definition) is 4. The number of carbonyl (C=O) groups is 1. The number of aromatic nitrogens is 4. The Labute approximate surface area is 138 Å². The molecule has 24 heavy (non-hydrogen) atoms. The topological polar surface area (TPSA) is 81.9 Å². The second-order valence-electron chi connectivity index (χ2n) is 5.42. The zero-order chi connectivity index (χ0) is 16.9. The first-order chi connectivity index (χ1) is 11.6. The number of nitrogens with one attached hydrogen (secondary N) is 1. The van der Waals surface area contributed by atoms with E-state index in [1.807, 2.05) is 31.2 Å². The summed E-state index contributed by atoms with van der Waals surface area (Å²) in [6.45, 7) is 1.98. The minimum Gasteiger partial charge on any atom is -0.335 e. The lowest BCUT2D eigenvalue weighted by atomic mass is 9.94. The standard InChI is InChI=1S/C17H16FN5O/c1-11-4-2-3-5-12(11)10-15(16-20-22-23-21-16)17(24)19-14-8-6-13(18)7-9-14/h2-9,15H,10H2,1H3,(H2,19,20,21,22,23,24)/p-1/t15-/m1/s1. The fourth-order valence-corrected chi connectivity index (χ4v) is 2.41. The van der Waals surface area contributed by atoms with Crippen molar-refractivity contribution in [3.8, 4) is 0 Å². The van der Waals surface area contributed by atoms with Crippen molar-refractivity contribution < 1.29 is 9.18 Å². The fraction of sp³-hybridized carbons (Fsp3) is 0.176. The molecule has 1 aromatic heterocycles. The van der Waals surface area contributed by atoms with Crippen molar-refractivity contribution >= 4 is 11.6 Å². The van der Waals surface area contributed by atoms with Crippen molar-refractivity contribution in [2.75, 3.05) is 5.32 Å². The van der Waals surface area contributed by atoms with Crippen LogP contribution in [0.3, 0.4) is 0 Å². The molecule has 1 amide bonds. The summed E-state index contributed by atoms with van der Waals surface area (Å²) >= 11 is 0. The molecule has 0 unspecified atom stereocenters. The smallest absolute Gasteiger partial charge is 0.232 e. The Morgan fingerprint density at radius 1 is 1.21 bits per heavy atom. The molecule has 0 bridgehead atoms. The average molecular weight is 324 g/mol. The van der Waals surface area contributed by atoms with Gasteiger partial charge in [-0.25, -0.2) is 4.39 Å². The highest BCUT2D eigenvalue weighted by Gasteiger charge is 2.21. The van der Waals surface area contributed by atoms with E-state index < -0.39 is 5.92 Å². The van der Waals surface area contributed by atoms with Gasteiger partial charge in [0.25, 0.3) is 0 Å². The molecule has 1 heterocycles. The molecule has 7 heteroatoms. The number of anilines is 1. The highest BCUT2D eigenvalue weighted by atomic mass is 19.1. The maximum absolute atomic E-state index is 13.0. The minimum atomic E-state index is -0.633. The molecule has 0 saturated heterocycles. The SMILES string of the molecule is Cc1ccccc1C[C@@H](C(=O)Nc1ccc(F)cc1)c1nnn[n-]1. The van der Waals surface area contributed by atoms with Crippen molar-refractivity contribution in [2.24, 2.45) is 0 Å². The fourth-order valence-electron chi connectivity index (χ4n) is 2.41. The number of halogens is 1. The number of amides is 1. The summed E-state index contributed by atoms with van der Waals surface area (Å²) in [5.74, 6) is -1.03. The lowest BCUT2D eigenvalue weighted by Gasteiger charge is -2.18. The van der Waals surface area contributed by atoms with Gasteiger partial charge >= 0.3 is 0 Å². The summed E-state index contributed by atoms with van der Waals surface area (Å²) in [5.41, 5.74) is 2.59. The number of rotatable bonds is 5. The molecule has 3 rings (SSSR count). The highest BCUT2D eigenvalue weighted by molar-refractivity contribution is 5.95.